The number of carboxylic acids is 1. The maximum atomic E-state index is 13.6. The van der Waals surface area contributed by atoms with Crippen LogP contribution in [-0.4, -0.2) is 35.0 Å². The lowest BCUT2D eigenvalue weighted by molar-refractivity contribution is -0.152. The van der Waals surface area contributed by atoms with Gasteiger partial charge in [-0.15, -0.1) is 0 Å². The fraction of sp³-hybridized carbons (Fsp3) is 0.467. The molecule has 0 atom stereocenters. The van der Waals surface area contributed by atoms with E-state index in [1.807, 2.05) is 0 Å². The van der Waals surface area contributed by atoms with Gasteiger partial charge in [-0.1, -0.05) is 13.0 Å². The zero-order valence-corrected chi connectivity index (χ0v) is 11.7. The van der Waals surface area contributed by atoms with Crippen LogP contribution in [0.4, 0.5) is 8.78 Å². The Morgan fingerprint density at radius 3 is 2.19 bits per heavy atom. The summed E-state index contributed by atoms with van der Waals surface area (Å²) in [6.07, 6.45) is 1.06. The molecule has 114 valence electrons. The van der Waals surface area contributed by atoms with Crippen molar-refractivity contribution >= 4 is 11.9 Å². The molecule has 1 saturated heterocycles. The highest BCUT2D eigenvalue weighted by Gasteiger charge is 2.41. The normalized spacial score (nSPS) is 17.6. The summed E-state index contributed by atoms with van der Waals surface area (Å²) < 4.78 is 27.2. The molecule has 1 heterocycles. The molecule has 21 heavy (non-hydrogen) atoms. The molecule has 1 aromatic carbocycles. The van der Waals surface area contributed by atoms with Crippen molar-refractivity contribution < 1.29 is 23.5 Å². The molecular weight excluding hydrogens is 280 g/mol. The lowest BCUT2D eigenvalue weighted by Crippen LogP contribution is -2.46. The van der Waals surface area contributed by atoms with Crippen LogP contribution in [0.1, 0.15) is 36.5 Å². The summed E-state index contributed by atoms with van der Waals surface area (Å²) in [6.45, 7) is 2.17. The number of benzene rings is 1. The number of hydrogen-bond acceptors (Lipinski definition) is 2. The third-order valence-corrected chi connectivity index (χ3v) is 4.31. The topological polar surface area (TPSA) is 57.6 Å². The molecule has 1 aliphatic rings. The van der Waals surface area contributed by atoms with E-state index in [2.05, 4.69) is 0 Å². The summed E-state index contributed by atoms with van der Waals surface area (Å²) in [7, 11) is 0. The van der Waals surface area contributed by atoms with Crippen LogP contribution >= 0.6 is 0 Å². The molecule has 6 heteroatoms. The summed E-state index contributed by atoms with van der Waals surface area (Å²) in [5.74, 6) is -3.40. The molecule has 0 unspecified atom stereocenters. The Morgan fingerprint density at radius 2 is 1.76 bits per heavy atom. The highest BCUT2D eigenvalue weighted by Crippen LogP contribution is 2.35. The van der Waals surface area contributed by atoms with Gasteiger partial charge in [0.1, 0.15) is 17.2 Å². The van der Waals surface area contributed by atoms with Crippen molar-refractivity contribution in [2.45, 2.75) is 26.2 Å². The van der Waals surface area contributed by atoms with E-state index in [-0.39, 0.29) is 13.1 Å². The third-order valence-electron chi connectivity index (χ3n) is 4.31. The molecule has 1 aliphatic heterocycles. The fourth-order valence-electron chi connectivity index (χ4n) is 2.72. The van der Waals surface area contributed by atoms with Gasteiger partial charge in [-0.2, -0.15) is 0 Å². The van der Waals surface area contributed by atoms with Crippen molar-refractivity contribution in [1.29, 1.82) is 0 Å². The second-order valence-corrected chi connectivity index (χ2v) is 5.33. The van der Waals surface area contributed by atoms with Gasteiger partial charge in [0.15, 0.2) is 0 Å². The van der Waals surface area contributed by atoms with Gasteiger partial charge in [-0.25, -0.2) is 8.78 Å². The average Bonchev–Trinajstić information content (AvgIpc) is 2.46. The van der Waals surface area contributed by atoms with Crippen molar-refractivity contribution in [2.75, 3.05) is 13.1 Å². The Balaban J connectivity index is 2.16. The molecule has 0 saturated carbocycles. The maximum Gasteiger partial charge on any atom is 0.309 e. The standard InChI is InChI=1S/C15H17F2NO3/c1-2-15(14(20)21)6-8-18(9-7-15)13(19)12-10(16)4-3-5-11(12)17/h3-5H,2,6-9H2,1H3,(H,20,21). The quantitative estimate of drug-likeness (QED) is 0.933. The molecule has 0 aliphatic carbocycles. The summed E-state index contributed by atoms with van der Waals surface area (Å²) in [6, 6.07) is 3.27. The van der Waals surface area contributed by atoms with Gasteiger partial charge in [0.2, 0.25) is 0 Å². The molecular formula is C15H17F2NO3. The van der Waals surface area contributed by atoms with Gasteiger partial charge in [0, 0.05) is 13.1 Å². The first-order valence-corrected chi connectivity index (χ1v) is 6.88. The number of aliphatic carboxylic acids is 1. The number of carbonyl (C=O) groups excluding carboxylic acids is 1. The van der Waals surface area contributed by atoms with Crippen molar-refractivity contribution in [3.63, 3.8) is 0 Å². The number of carbonyl (C=O) groups is 2. The maximum absolute atomic E-state index is 13.6. The van der Waals surface area contributed by atoms with Crippen LogP contribution in [0.25, 0.3) is 0 Å². The van der Waals surface area contributed by atoms with E-state index in [1.54, 1.807) is 6.92 Å². The van der Waals surface area contributed by atoms with E-state index in [1.165, 1.54) is 11.0 Å². The Morgan fingerprint density at radius 1 is 1.24 bits per heavy atom. The predicted molar refractivity (Wildman–Crippen MR) is 71.9 cm³/mol. The smallest absolute Gasteiger partial charge is 0.309 e. The molecule has 0 spiro atoms. The van der Waals surface area contributed by atoms with E-state index in [9.17, 15) is 23.5 Å². The van der Waals surface area contributed by atoms with Crippen LogP contribution in [0, 0.1) is 17.0 Å². The number of nitrogens with zero attached hydrogens (tertiary/aromatic N) is 1. The number of halogens is 2. The van der Waals surface area contributed by atoms with Gasteiger partial charge < -0.3 is 10.0 Å². The van der Waals surface area contributed by atoms with Crippen LogP contribution in [0.3, 0.4) is 0 Å². The van der Waals surface area contributed by atoms with Gasteiger partial charge in [0.25, 0.3) is 5.91 Å². The van der Waals surface area contributed by atoms with Crippen LogP contribution in [-0.2, 0) is 4.79 Å². The highest BCUT2D eigenvalue weighted by molar-refractivity contribution is 5.95. The molecule has 0 radical (unpaired) electrons. The van der Waals surface area contributed by atoms with E-state index in [0.29, 0.717) is 19.3 Å². The molecule has 1 N–H and O–H groups in total. The van der Waals surface area contributed by atoms with Crippen LogP contribution in [0.15, 0.2) is 18.2 Å². The first kappa shape index (κ1) is 15.4. The molecule has 4 nitrogen and oxygen atoms in total. The number of carboxylic acid groups (broad SMARTS) is 1. The van der Waals surface area contributed by atoms with Crippen molar-refractivity contribution in [3.8, 4) is 0 Å². The first-order valence-electron chi connectivity index (χ1n) is 6.88. The summed E-state index contributed by atoms with van der Waals surface area (Å²) >= 11 is 0. The second-order valence-electron chi connectivity index (χ2n) is 5.33. The zero-order chi connectivity index (χ0) is 15.6. The van der Waals surface area contributed by atoms with E-state index >= 15 is 0 Å². The minimum absolute atomic E-state index is 0.187. The number of piperidine rings is 1. The Labute approximate surface area is 121 Å². The monoisotopic (exact) mass is 297 g/mol. The summed E-state index contributed by atoms with van der Waals surface area (Å²) in [5.41, 5.74) is -1.42. The Bertz CT molecular complexity index is 546. The average molecular weight is 297 g/mol. The number of hydrogen-bond donors (Lipinski definition) is 1. The summed E-state index contributed by atoms with van der Waals surface area (Å²) in [4.78, 5) is 24.9. The molecule has 1 fully saturated rings. The third kappa shape index (κ3) is 2.75. The minimum Gasteiger partial charge on any atom is -0.481 e. The lowest BCUT2D eigenvalue weighted by Gasteiger charge is -2.38. The SMILES string of the molecule is CCC1(C(=O)O)CCN(C(=O)c2c(F)cccc2F)CC1. The van der Waals surface area contributed by atoms with E-state index < -0.39 is 34.5 Å². The van der Waals surface area contributed by atoms with Crippen molar-refractivity contribution in [1.82, 2.24) is 4.90 Å². The minimum atomic E-state index is -0.898. The molecule has 2 rings (SSSR count). The van der Waals surface area contributed by atoms with Crippen LogP contribution in [0.5, 0.6) is 0 Å². The lowest BCUT2D eigenvalue weighted by atomic mass is 9.76. The Kier molecular flexibility index (Phi) is 4.25. The van der Waals surface area contributed by atoms with Gasteiger partial charge >= 0.3 is 5.97 Å². The molecule has 0 bridgehead atoms. The molecule has 1 amide bonds. The zero-order valence-electron chi connectivity index (χ0n) is 11.7. The molecule has 0 aromatic heterocycles. The van der Waals surface area contributed by atoms with Gasteiger partial charge in [-0.3, -0.25) is 9.59 Å². The number of rotatable bonds is 3. The first-order chi connectivity index (χ1) is 9.91. The van der Waals surface area contributed by atoms with Crippen molar-refractivity contribution in [2.24, 2.45) is 5.41 Å². The number of amides is 1. The highest BCUT2D eigenvalue weighted by atomic mass is 19.1. The van der Waals surface area contributed by atoms with E-state index in [0.717, 1.165) is 12.1 Å². The number of likely N-dealkylation sites (tertiary alicyclic amines) is 1. The van der Waals surface area contributed by atoms with Crippen molar-refractivity contribution in [3.05, 3.63) is 35.4 Å². The predicted octanol–water partition coefficient (Wildman–Crippen LogP) is 2.68. The Hall–Kier alpha value is -1.98. The largest absolute Gasteiger partial charge is 0.481 e. The van der Waals surface area contributed by atoms with Crippen LogP contribution < -0.4 is 0 Å². The van der Waals surface area contributed by atoms with E-state index in [4.69, 9.17) is 0 Å². The second kappa shape index (κ2) is 5.79. The van der Waals surface area contributed by atoms with Crippen LogP contribution in [0.2, 0.25) is 0 Å². The fourth-order valence-corrected chi connectivity index (χ4v) is 2.72. The van der Waals surface area contributed by atoms with Gasteiger partial charge in [-0.05, 0) is 31.4 Å². The van der Waals surface area contributed by atoms with Gasteiger partial charge in [0.05, 0.1) is 5.41 Å². The summed E-state index contributed by atoms with van der Waals surface area (Å²) in [5, 5.41) is 9.30. The molecule has 1 aromatic rings.